The molecule has 2 aromatic heterocycles. The van der Waals surface area contributed by atoms with Gasteiger partial charge in [0.1, 0.15) is 11.3 Å². The SMILES string of the molecule is CCCOc1cccc(C2c3c(oc4ccc(CC)cc4c3=O)C(=O)N2c2nc(C)c(C)s2)c1. The van der Waals surface area contributed by atoms with E-state index >= 15 is 0 Å². The molecule has 3 heterocycles. The number of thiazole rings is 1. The van der Waals surface area contributed by atoms with E-state index in [-0.39, 0.29) is 17.1 Å². The standard InChI is InChI=1S/C27H26N2O4S/c1-5-12-32-19-9-7-8-18(14-19)23-22-24(30)20-13-17(6-2)10-11-21(20)33-25(22)26(31)29(23)27-28-15(3)16(4)34-27/h7-11,13-14,23H,5-6,12H2,1-4H3. The number of aryl methyl sites for hydroxylation is 3. The predicted molar refractivity (Wildman–Crippen MR) is 134 cm³/mol. The first kappa shape index (κ1) is 22.3. The van der Waals surface area contributed by atoms with Gasteiger partial charge in [-0.05, 0) is 62.1 Å². The number of hydrogen-bond donors (Lipinski definition) is 0. The van der Waals surface area contributed by atoms with Crippen molar-refractivity contribution in [2.24, 2.45) is 0 Å². The van der Waals surface area contributed by atoms with Gasteiger partial charge in [-0.1, -0.05) is 32.0 Å². The number of ether oxygens (including phenoxy) is 1. The molecule has 1 aliphatic heterocycles. The predicted octanol–water partition coefficient (Wildman–Crippen LogP) is 5.97. The van der Waals surface area contributed by atoms with Gasteiger partial charge in [0.2, 0.25) is 5.76 Å². The summed E-state index contributed by atoms with van der Waals surface area (Å²) in [5.41, 5.74) is 3.27. The Balaban J connectivity index is 1.76. The Kier molecular flexibility index (Phi) is 5.73. The van der Waals surface area contributed by atoms with E-state index in [4.69, 9.17) is 9.15 Å². The average Bonchev–Trinajstić information content (AvgIpc) is 3.33. The molecule has 0 N–H and O–H groups in total. The molecule has 174 valence electrons. The van der Waals surface area contributed by atoms with Gasteiger partial charge in [0.05, 0.1) is 29.3 Å². The third-order valence-electron chi connectivity index (χ3n) is 6.21. The number of fused-ring (bicyclic) bond motifs is 2. The van der Waals surface area contributed by atoms with Gasteiger partial charge in [-0.3, -0.25) is 14.5 Å². The zero-order valence-corrected chi connectivity index (χ0v) is 20.5. The van der Waals surface area contributed by atoms with E-state index in [0.29, 0.717) is 34.0 Å². The summed E-state index contributed by atoms with van der Waals surface area (Å²) >= 11 is 1.44. The Bertz CT molecular complexity index is 1450. The molecule has 0 radical (unpaired) electrons. The van der Waals surface area contributed by atoms with Crippen molar-refractivity contribution in [2.45, 2.75) is 46.6 Å². The van der Waals surface area contributed by atoms with Crippen LogP contribution in [0.25, 0.3) is 11.0 Å². The maximum absolute atomic E-state index is 13.8. The number of nitrogens with zero attached hydrogens (tertiary/aromatic N) is 2. The summed E-state index contributed by atoms with van der Waals surface area (Å²) in [5.74, 6) is 0.425. The minimum Gasteiger partial charge on any atom is -0.494 e. The fourth-order valence-electron chi connectivity index (χ4n) is 4.31. The Morgan fingerprint density at radius 1 is 1.12 bits per heavy atom. The van der Waals surface area contributed by atoms with Gasteiger partial charge in [0.15, 0.2) is 10.6 Å². The largest absolute Gasteiger partial charge is 0.494 e. The van der Waals surface area contributed by atoms with Gasteiger partial charge in [-0.25, -0.2) is 4.98 Å². The van der Waals surface area contributed by atoms with E-state index in [2.05, 4.69) is 4.98 Å². The number of carbonyl (C=O) groups excluding carboxylic acids is 1. The normalized spacial score (nSPS) is 15.2. The van der Waals surface area contributed by atoms with Crippen LogP contribution in [0.4, 0.5) is 5.13 Å². The van der Waals surface area contributed by atoms with Crippen molar-refractivity contribution >= 4 is 33.3 Å². The second-order valence-corrected chi connectivity index (χ2v) is 9.68. The number of carbonyl (C=O) groups is 1. The lowest BCUT2D eigenvalue weighted by molar-refractivity contribution is 0.0971. The van der Waals surface area contributed by atoms with Gasteiger partial charge in [0.25, 0.3) is 5.91 Å². The van der Waals surface area contributed by atoms with Gasteiger partial charge < -0.3 is 9.15 Å². The third-order valence-corrected chi connectivity index (χ3v) is 7.28. The molecular weight excluding hydrogens is 448 g/mol. The first-order chi connectivity index (χ1) is 16.4. The molecule has 1 aliphatic rings. The molecule has 5 rings (SSSR count). The zero-order valence-electron chi connectivity index (χ0n) is 19.7. The minimum absolute atomic E-state index is 0.0807. The maximum atomic E-state index is 13.8. The molecule has 0 fully saturated rings. The van der Waals surface area contributed by atoms with Crippen molar-refractivity contribution in [3.8, 4) is 5.75 Å². The monoisotopic (exact) mass is 474 g/mol. The van der Waals surface area contributed by atoms with Crippen molar-refractivity contribution in [3.05, 3.63) is 85.7 Å². The van der Waals surface area contributed by atoms with Gasteiger partial charge in [0, 0.05) is 4.88 Å². The van der Waals surface area contributed by atoms with Crippen LogP contribution >= 0.6 is 11.3 Å². The zero-order chi connectivity index (χ0) is 24.0. The van der Waals surface area contributed by atoms with Gasteiger partial charge in [-0.2, -0.15) is 0 Å². The highest BCUT2D eigenvalue weighted by atomic mass is 32.1. The first-order valence-electron chi connectivity index (χ1n) is 11.5. The molecule has 4 aromatic rings. The molecule has 7 heteroatoms. The Hall–Kier alpha value is -3.45. The summed E-state index contributed by atoms with van der Waals surface area (Å²) in [6.45, 7) is 8.57. The molecule has 0 spiro atoms. The number of benzene rings is 2. The number of rotatable bonds is 6. The van der Waals surface area contributed by atoms with Crippen LogP contribution in [-0.2, 0) is 6.42 Å². The minimum atomic E-state index is -0.649. The van der Waals surface area contributed by atoms with E-state index in [1.54, 1.807) is 11.0 Å². The maximum Gasteiger partial charge on any atom is 0.297 e. The molecule has 1 atom stereocenters. The van der Waals surface area contributed by atoms with Crippen LogP contribution < -0.4 is 15.1 Å². The number of amides is 1. The smallest absolute Gasteiger partial charge is 0.297 e. The van der Waals surface area contributed by atoms with Crippen LogP contribution in [0, 0.1) is 13.8 Å². The summed E-state index contributed by atoms with van der Waals surface area (Å²) in [6.07, 6.45) is 1.68. The van der Waals surface area contributed by atoms with Gasteiger partial charge in [-0.15, -0.1) is 11.3 Å². The molecule has 34 heavy (non-hydrogen) atoms. The molecule has 2 aromatic carbocycles. The molecule has 0 saturated heterocycles. The van der Waals surface area contributed by atoms with Crippen LogP contribution in [0.5, 0.6) is 5.75 Å². The fourth-order valence-corrected chi connectivity index (χ4v) is 5.24. The molecule has 0 aliphatic carbocycles. The molecule has 1 amide bonds. The number of aromatic nitrogens is 1. The highest BCUT2D eigenvalue weighted by Crippen LogP contribution is 2.43. The molecule has 0 bridgehead atoms. The second-order valence-electron chi connectivity index (χ2n) is 8.49. The van der Waals surface area contributed by atoms with E-state index in [1.165, 1.54) is 11.3 Å². The van der Waals surface area contributed by atoms with Crippen molar-refractivity contribution < 1.29 is 13.9 Å². The lowest BCUT2D eigenvalue weighted by Gasteiger charge is -2.23. The summed E-state index contributed by atoms with van der Waals surface area (Å²) in [4.78, 5) is 34.8. The average molecular weight is 475 g/mol. The Morgan fingerprint density at radius 3 is 2.65 bits per heavy atom. The van der Waals surface area contributed by atoms with E-state index < -0.39 is 6.04 Å². The van der Waals surface area contributed by atoms with Crippen molar-refractivity contribution in [3.63, 3.8) is 0 Å². The van der Waals surface area contributed by atoms with Crippen LogP contribution in [0.15, 0.2) is 51.7 Å². The molecule has 6 nitrogen and oxygen atoms in total. The Labute approximate surface area is 201 Å². The number of hydrogen-bond acceptors (Lipinski definition) is 6. The number of anilines is 1. The van der Waals surface area contributed by atoms with E-state index in [0.717, 1.165) is 34.5 Å². The summed E-state index contributed by atoms with van der Waals surface area (Å²) < 4.78 is 11.9. The van der Waals surface area contributed by atoms with E-state index in [1.807, 2.05) is 64.1 Å². The molecule has 1 unspecified atom stereocenters. The highest BCUT2D eigenvalue weighted by molar-refractivity contribution is 7.15. The molecular formula is C27H26N2O4S. The highest BCUT2D eigenvalue weighted by Gasteiger charge is 2.45. The lowest BCUT2D eigenvalue weighted by Crippen LogP contribution is -2.29. The lowest BCUT2D eigenvalue weighted by atomic mass is 9.98. The topological polar surface area (TPSA) is 72.6 Å². The summed E-state index contributed by atoms with van der Waals surface area (Å²) in [6, 6.07) is 12.5. The Morgan fingerprint density at radius 2 is 1.94 bits per heavy atom. The quantitative estimate of drug-likeness (QED) is 0.344. The summed E-state index contributed by atoms with van der Waals surface area (Å²) in [5, 5.41) is 1.04. The van der Waals surface area contributed by atoms with Crippen molar-refractivity contribution in [1.29, 1.82) is 0 Å². The van der Waals surface area contributed by atoms with E-state index in [9.17, 15) is 9.59 Å². The van der Waals surface area contributed by atoms with Gasteiger partial charge >= 0.3 is 0 Å². The van der Waals surface area contributed by atoms with Crippen LogP contribution in [-0.4, -0.2) is 17.5 Å². The van der Waals surface area contributed by atoms with Crippen LogP contribution in [0.2, 0.25) is 0 Å². The van der Waals surface area contributed by atoms with Crippen LogP contribution in [0.3, 0.4) is 0 Å². The summed E-state index contributed by atoms with van der Waals surface area (Å²) in [7, 11) is 0. The first-order valence-corrected chi connectivity index (χ1v) is 12.3. The van der Waals surface area contributed by atoms with Crippen molar-refractivity contribution in [1.82, 2.24) is 4.98 Å². The third kappa shape index (κ3) is 3.60. The van der Waals surface area contributed by atoms with Crippen molar-refractivity contribution in [2.75, 3.05) is 11.5 Å². The molecule has 0 saturated carbocycles. The second kappa shape index (κ2) is 8.72. The fraction of sp³-hybridized carbons (Fsp3) is 0.296. The van der Waals surface area contributed by atoms with Crippen LogP contribution in [0.1, 0.15) is 64.1 Å².